The molecule has 8 heteroatoms. The minimum Gasteiger partial charge on any atom is -0.497 e. The lowest BCUT2D eigenvalue weighted by Crippen LogP contribution is -2.37. The summed E-state index contributed by atoms with van der Waals surface area (Å²) in [6.45, 7) is 3.75. The van der Waals surface area contributed by atoms with Crippen LogP contribution in [0.3, 0.4) is 0 Å². The Kier molecular flexibility index (Phi) is 5.51. The molecule has 7 nitrogen and oxygen atoms in total. The summed E-state index contributed by atoms with van der Waals surface area (Å²) < 4.78 is 23.3. The average Bonchev–Trinajstić information content (AvgIpc) is 2.96. The Bertz CT molecular complexity index is 674. The third-order valence-electron chi connectivity index (χ3n) is 3.19. The van der Waals surface area contributed by atoms with E-state index >= 15 is 0 Å². The van der Waals surface area contributed by atoms with Crippen LogP contribution in [0.25, 0.3) is 0 Å². The first-order valence-electron chi connectivity index (χ1n) is 7.19. The highest BCUT2D eigenvalue weighted by atomic mass is 19.1. The number of nitrogens with zero attached hydrogens (tertiary/aromatic N) is 2. The monoisotopic (exact) mass is 322 g/mol. The zero-order valence-electron chi connectivity index (χ0n) is 13.2. The van der Waals surface area contributed by atoms with Crippen LogP contribution in [0, 0.1) is 12.7 Å². The van der Waals surface area contributed by atoms with Crippen molar-refractivity contribution < 1.29 is 18.4 Å². The second-order valence-electron chi connectivity index (χ2n) is 4.96. The van der Waals surface area contributed by atoms with Gasteiger partial charge in [0.1, 0.15) is 11.6 Å². The van der Waals surface area contributed by atoms with Crippen molar-refractivity contribution in [3.8, 4) is 5.75 Å². The number of rotatable bonds is 6. The number of carbonyl (C=O) groups excluding carboxylic acids is 1. The number of ether oxygens (including phenoxy) is 1. The average molecular weight is 322 g/mol. The minimum atomic E-state index is -0.421. The highest BCUT2D eigenvalue weighted by Crippen LogP contribution is 2.16. The maximum Gasteiger partial charge on any atom is 0.315 e. The van der Waals surface area contributed by atoms with Crippen molar-refractivity contribution in [1.82, 2.24) is 20.8 Å². The van der Waals surface area contributed by atoms with E-state index in [0.29, 0.717) is 29.4 Å². The molecule has 0 aliphatic rings. The standard InChI is InChI=1S/C15H19FN4O3/c1-4-13(14-18-9(2)23-20-14)19-15(21)17-8-10-5-11(16)7-12(6-10)22-3/h5-7,13H,4,8H2,1-3H3,(H2,17,19,21)/t13-/m0/s1. The second kappa shape index (κ2) is 7.57. The summed E-state index contributed by atoms with van der Waals surface area (Å²) in [5.74, 6) is 0.839. The molecule has 0 aliphatic heterocycles. The Morgan fingerprint density at radius 1 is 1.43 bits per heavy atom. The maximum atomic E-state index is 13.4. The molecule has 0 saturated carbocycles. The molecule has 0 aliphatic carbocycles. The topological polar surface area (TPSA) is 89.3 Å². The van der Waals surface area contributed by atoms with Crippen molar-refractivity contribution in [3.63, 3.8) is 0 Å². The molecule has 124 valence electrons. The van der Waals surface area contributed by atoms with E-state index in [9.17, 15) is 9.18 Å². The van der Waals surface area contributed by atoms with E-state index in [-0.39, 0.29) is 12.6 Å². The molecule has 2 N–H and O–H groups in total. The smallest absolute Gasteiger partial charge is 0.315 e. The van der Waals surface area contributed by atoms with Gasteiger partial charge in [-0.3, -0.25) is 0 Å². The molecule has 0 unspecified atom stereocenters. The number of benzene rings is 1. The van der Waals surface area contributed by atoms with Crippen LogP contribution in [0.15, 0.2) is 22.7 Å². The number of amides is 2. The predicted molar refractivity (Wildman–Crippen MR) is 80.4 cm³/mol. The van der Waals surface area contributed by atoms with Gasteiger partial charge in [0, 0.05) is 19.5 Å². The van der Waals surface area contributed by atoms with Crippen LogP contribution in [-0.2, 0) is 6.54 Å². The maximum absolute atomic E-state index is 13.4. The molecule has 1 heterocycles. The molecular formula is C15H19FN4O3. The lowest BCUT2D eigenvalue weighted by molar-refractivity contribution is 0.235. The lowest BCUT2D eigenvalue weighted by atomic mass is 10.2. The van der Waals surface area contributed by atoms with Gasteiger partial charge in [0.15, 0.2) is 5.82 Å². The Balaban J connectivity index is 1.93. The number of methoxy groups -OCH3 is 1. The summed E-state index contributed by atoms with van der Waals surface area (Å²) in [6.07, 6.45) is 0.611. The van der Waals surface area contributed by atoms with Gasteiger partial charge in [-0.2, -0.15) is 4.98 Å². The van der Waals surface area contributed by atoms with Crippen molar-refractivity contribution >= 4 is 6.03 Å². The van der Waals surface area contributed by atoms with E-state index in [2.05, 4.69) is 20.8 Å². The fraction of sp³-hybridized carbons (Fsp3) is 0.400. The van der Waals surface area contributed by atoms with Gasteiger partial charge in [0.05, 0.1) is 13.2 Å². The zero-order valence-corrected chi connectivity index (χ0v) is 13.2. The quantitative estimate of drug-likeness (QED) is 0.853. The van der Waals surface area contributed by atoms with E-state index in [0.717, 1.165) is 0 Å². The Morgan fingerprint density at radius 3 is 2.83 bits per heavy atom. The fourth-order valence-electron chi connectivity index (χ4n) is 2.04. The third-order valence-corrected chi connectivity index (χ3v) is 3.19. The molecule has 0 fully saturated rings. The van der Waals surface area contributed by atoms with Crippen LogP contribution in [0.4, 0.5) is 9.18 Å². The molecule has 2 rings (SSSR count). The molecule has 0 saturated heterocycles. The number of urea groups is 1. The molecule has 0 bridgehead atoms. The highest BCUT2D eigenvalue weighted by molar-refractivity contribution is 5.74. The summed E-state index contributed by atoms with van der Waals surface area (Å²) in [5, 5.41) is 9.21. The van der Waals surface area contributed by atoms with Crippen LogP contribution < -0.4 is 15.4 Å². The van der Waals surface area contributed by atoms with Crippen molar-refractivity contribution in [3.05, 3.63) is 41.3 Å². The van der Waals surface area contributed by atoms with Gasteiger partial charge in [-0.25, -0.2) is 9.18 Å². The molecule has 1 aromatic carbocycles. The van der Waals surface area contributed by atoms with Gasteiger partial charge in [0.2, 0.25) is 5.89 Å². The predicted octanol–water partition coefficient (Wildman–Crippen LogP) is 2.48. The third kappa shape index (κ3) is 4.67. The Labute approximate surface area is 133 Å². The minimum absolute atomic E-state index is 0.168. The Morgan fingerprint density at radius 2 is 2.22 bits per heavy atom. The van der Waals surface area contributed by atoms with Gasteiger partial charge in [0.25, 0.3) is 0 Å². The van der Waals surface area contributed by atoms with Gasteiger partial charge in [-0.05, 0) is 24.1 Å². The zero-order chi connectivity index (χ0) is 16.8. The second-order valence-corrected chi connectivity index (χ2v) is 4.96. The van der Waals surface area contributed by atoms with E-state index in [1.807, 2.05) is 6.92 Å². The molecule has 1 aromatic heterocycles. The molecule has 2 aromatic rings. The summed E-state index contributed by atoms with van der Waals surface area (Å²) in [4.78, 5) is 16.1. The van der Waals surface area contributed by atoms with Crippen molar-refractivity contribution in [2.45, 2.75) is 32.9 Å². The van der Waals surface area contributed by atoms with Gasteiger partial charge >= 0.3 is 6.03 Å². The van der Waals surface area contributed by atoms with Gasteiger partial charge in [-0.15, -0.1) is 0 Å². The summed E-state index contributed by atoms with van der Waals surface area (Å²) in [6, 6.07) is 3.51. The van der Waals surface area contributed by atoms with E-state index in [1.54, 1.807) is 13.0 Å². The summed E-state index contributed by atoms with van der Waals surface area (Å²) >= 11 is 0. The molecule has 1 atom stereocenters. The van der Waals surface area contributed by atoms with E-state index in [1.165, 1.54) is 19.2 Å². The summed E-state index contributed by atoms with van der Waals surface area (Å²) in [7, 11) is 1.46. The first-order chi connectivity index (χ1) is 11.0. The van der Waals surface area contributed by atoms with Crippen molar-refractivity contribution in [1.29, 1.82) is 0 Å². The largest absolute Gasteiger partial charge is 0.497 e. The van der Waals surface area contributed by atoms with Gasteiger partial charge in [-0.1, -0.05) is 12.1 Å². The number of nitrogens with one attached hydrogen (secondary N) is 2. The Hall–Kier alpha value is -2.64. The fourth-order valence-corrected chi connectivity index (χ4v) is 2.04. The van der Waals surface area contributed by atoms with Crippen LogP contribution in [0.1, 0.15) is 36.7 Å². The highest BCUT2D eigenvalue weighted by Gasteiger charge is 2.17. The molecule has 0 spiro atoms. The van der Waals surface area contributed by atoms with E-state index < -0.39 is 11.8 Å². The molecular weight excluding hydrogens is 303 g/mol. The SMILES string of the molecule is CC[C@H](NC(=O)NCc1cc(F)cc(OC)c1)c1noc(C)n1. The van der Waals surface area contributed by atoms with Crippen molar-refractivity contribution in [2.75, 3.05) is 7.11 Å². The normalized spacial score (nSPS) is 11.8. The number of halogens is 1. The van der Waals surface area contributed by atoms with Crippen molar-refractivity contribution in [2.24, 2.45) is 0 Å². The summed E-state index contributed by atoms with van der Waals surface area (Å²) in [5.41, 5.74) is 0.598. The number of aromatic nitrogens is 2. The molecule has 2 amide bonds. The van der Waals surface area contributed by atoms with Crippen LogP contribution in [0.2, 0.25) is 0 Å². The molecule has 0 radical (unpaired) electrons. The first kappa shape index (κ1) is 16.7. The van der Waals surface area contributed by atoms with Crippen LogP contribution >= 0.6 is 0 Å². The van der Waals surface area contributed by atoms with Crippen LogP contribution in [0.5, 0.6) is 5.75 Å². The first-order valence-corrected chi connectivity index (χ1v) is 7.19. The van der Waals surface area contributed by atoms with E-state index in [4.69, 9.17) is 9.26 Å². The number of hydrogen-bond acceptors (Lipinski definition) is 5. The number of hydrogen-bond donors (Lipinski definition) is 2. The lowest BCUT2D eigenvalue weighted by Gasteiger charge is -2.14. The van der Waals surface area contributed by atoms with Gasteiger partial charge < -0.3 is 19.9 Å². The molecule has 23 heavy (non-hydrogen) atoms. The van der Waals surface area contributed by atoms with Crippen LogP contribution in [-0.4, -0.2) is 23.3 Å². The number of carbonyl (C=O) groups is 1. The number of aryl methyl sites for hydroxylation is 1.